The van der Waals surface area contributed by atoms with Gasteiger partial charge in [0.1, 0.15) is 0 Å². The van der Waals surface area contributed by atoms with Crippen molar-refractivity contribution in [3.8, 4) is 0 Å². The van der Waals surface area contributed by atoms with Gasteiger partial charge in [-0.2, -0.15) is 0 Å². The van der Waals surface area contributed by atoms with E-state index in [1.54, 1.807) is 6.08 Å². The molecule has 0 radical (unpaired) electrons. The number of nitrogens with one attached hydrogen (secondary N) is 2. The molecule has 0 saturated carbocycles. The standard InChI is InChI=1S/C19H28ClN3O3/c1-2-26-19(25)23-16-7-8-17(23)12-15(11-16)21-9-10-22-18(24)13-3-5-14(20)6-4-13/h3,5-6,13,15-17,21H,2,4,7-12H2,1H3,(H,22,24). The van der Waals surface area contributed by atoms with E-state index in [9.17, 15) is 9.59 Å². The topological polar surface area (TPSA) is 70.7 Å². The molecule has 2 bridgehead atoms. The number of rotatable bonds is 6. The molecule has 1 aliphatic carbocycles. The van der Waals surface area contributed by atoms with Crippen LogP contribution in [0.3, 0.4) is 0 Å². The molecule has 3 aliphatic rings. The van der Waals surface area contributed by atoms with Gasteiger partial charge in [0.2, 0.25) is 5.91 Å². The van der Waals surface area contributed by atoms with Crippen LogP contribution in [0.4, 0.5) is 4.79 Å². The predicted molar refractivity (Wildman–Crippen MR) is 101 cm³/mol. The molecule has 3 unspecified atom stereocenters. The minimum Gasteiger partial charge on any atom is -0.450 e. The van der Waals surface area contributed by atoms with E-state index in [0.717, 1.165) is 32.2 Å². The minimum atomic E-state index is -0.166. The number of piperidine rings is 1. The van der Waals surface area contributed by atoms with Crippen molar-refractivity contribution in [1.29, 1.82) is 0 Å². The Morgan fingerprint density at radius 2 is 2.00 bits per heavy atom. The number of allylic oxidation sites excluding steroid dienone is 3. The molecule has 2 N–H and O–H groups in total. The maximum absolute atomic E-state index is 12.1. The monoisotopic (exact) mass is 381 g/mol. The van der Waals surface area contributed by atoms with Crippen molar-refractivity contribution in [3.05, 3.63) is 23.3 Å². The highest BCUT2D eigenvalue weighted by molar-refractivity contribution is 6.31. The molecule has 3 rings (SSSR count). The zero-order chi connectivity index (χ0) is 18.5. The molecule has 2 heterocycles. The Labute approximate surface area is 160 Å². The van der Waals surface area contributed by atoms with Crippen molar-refractivity contribution in [3.63, 3.8) is 0 Å². The summed E-state index contributed by atoms with van der Waals surface area (Å²) in [5, 5.41) is 7.21. The third kappa shape index (κ3) is 4.60. The first-order valence-electron chi connectivity index (χ1n) is 9.58. The lowest BCUT2D eigenvalue weighted by atomic mass is 9.98. The Hall–Kier alpha value is -1.53. The van der Waals surface area contributed by atoms with Gasteiger partial charge in [-0.15, -0.1) is 0 Å². The number of hydrogen-bond acceptors (Lipinski definition) is 4. The molecule has 2 saturated heterocycles. The SMILES string of the molecule is CCOC(=O)N1C2CCC1CC(NCCNC(=O)C1C=CC(Cl)=CC1)C2. The number of nitrogens with zero attached hydrogens (tertiary/aromatic N) is 1. The van der Waals surface area contributed by atoms with E-state index in [0.29, 0.717) is 30.6 Å². The fraction of sp³-hybridized carbons (Fsp3) is 0.684. The van der Waals surface area contributed by atoms with Gasteiger partial charge in [-0.05, 0) is 45.1 Å². The fourth-order valence-electron chi connectivity index (χ4n) is 4.22. The first kappa shape index (κ1) is 19.2. The van der Waals surface area contributed by atoms with E-state index in [1.807, 2.05) is 24.0 Å². The van der Waals surface area contributed by atoms with Crippen molar-refractivity contribution < 1.29 is 14.3 Å². The molecule has 2 aliphatic heterocycles. The van der Waals surface area contributed by atoms with Crippen LogP contribution in [0.15, 0.2) is 23.3 Å². The molecule has 0 spiro atoms. The number of hydrogen-bond donors (Lipinski definition) is 2. The number of fused-ring (bicyclic) bond motifs is 2. The molecular weight excluding hydrogens is 354 g/mol. The van der Waals surface area contributed by atoms with Gasteiger partial charge >= 0.3 is 6.09 Å². The highest BCUT2D eigenvalue weighted by Crippen LogP contribution is 2.36. The lowest BCUT2D eigenvalue weighted by molar-refractivity contribution is -0.123. The van der Waals surface area contributed by atoms with E-state index in [4.69, 9.17) is 16.3 Å². The second kappa shape index (κ2) is 8.91. The van der Waals surface area contributed by atoms with Crippen LogP contribution in [0.25, 0.3) is 0 Å². The quantitative estimate of drug-likeness (QED) is 0.693. The van der Waals surface area contributed by atoms with Crippen LogP contribution in [0.1, 0.15) is 39.0 Å². The number of halogens is 1. The van der Waals surface area contributed by atoms with Gasteiger partial charge in [0, 0.05) is 36.2 Å². The Morgan fingerprint density at radius 1 is 1.27 bits per heavy atom. The molecule has 2 fully saturated rings. The van der Waals surface area contributed by atoms with Crippen molar-refractivity contribution in [2.75, 3.05) is 19.7 Å². The van der Waals surface area contributed by atoms with Crippen LogP contribution in [0.2, 0.25) is 0 Å². The normalized spacial score (nSPS) is 30.1. The molecule has 2 amide bonds. The second-order valence-electron chi connectivity index (χ2n) is 7.19. The highest BCUT2D eigenvalue weighted by atomic mass is 35.5. The first-order valence-corrected chi connectivity index (χ1v) is 9.96. The fourth-order valence-corrected chi connectivity index (χ4v) is 4.38. The van der Waals surface area contributed by atoms with Gasteiger partial charge in [-0.3, -0.25) is 4.79 Å². The summed E-state index contributed by atoms with van der Waals surface area (Å²) >= 11 is 5.88. The average molecular weight is 382 g/mol. The number of carbonyl (C=O) groups excluding carboxylic acids is 2. The first-order chi connectivity index (χ1) is 12.6. The molecule has 144 valence electrons. The summed E-state index contributed by atoms with van der Waals surface area (Å²) in [4.78, 5) is 26.2. The van der Waals surface area contributed by atoms with Gasteiger partial charge < -0.3 is 20.3 Å². The molecule has 7 heteroatoms. The number of amides is 2. The van der Waals surface area contributed by atoms with Gasteiger partial charge in [0.25, 0.3) is 0 Å². The summed E-state index contributed by atoms with van der Waals surface area (Å²) in [6.07, 6.45) is 10.0. The van der Waals surface area contributed by atoms with Gasteiger partial charge in [-0.1, -0.05) is 23.8 Å². The lowest BCUT2D eigenvalue weighted by Crippen LogP contribution is -2.52. The van der Waals surface area contributed by atoms with Crippen molar-refractivity contribution in [2.45, 2.75) is 57.2 Å². The van der Waals surface area contributed by atoms with Crippen molar-refractivity contribution in [1.82, 2.24) is 15.5 Å². The van der Waals surface area contributed by atoms with E-state index in [1.165, 1.54) is 0 Å². The zero-order valence-electron chi connectivity index (χ0n) is 15.2. The Balaban J connectivity index is 1.36. The minimum absolute atomic E-state index is 0.0423. The average Bonchev–Trinajstić information content (AvgIpc) is 2.90. The van der Waals surface area contributed by atoms with Crippen LogP contribution in [0.5, 0.6) is 0 Å². The Bertz CT molecular complexity index is 579. The molecule has 6 nitrogen and oxygen atoms in total. The van der Waals surface area contributed by atoms with Crippen LogP contribution in [-0.2, 0) is 9.53 Å². The smallest absolute Gasteiger partial charge is 0.410 e. The molecule has 0 aromatic carbocycles. The summed E-state index contributed by atoms with van der Waals surface area (Å²) < 4.78 is 5.19. The van der Waals surface area contributed by atoms with Crippen LogP contribution in [0, 0.1) is 5.92 Å². The third-order valence-electron chi connectivity index (χ3n) is 5.46. The van der Waals surface area contributed by atoms with E-state index < -0.39 is 0 Å². The molecule has 0 aromatic heterocycles. The van der Waals surface area contributed by atoms with Crippen molar-refractivity contribution in [2.24, 2.45) is 5.92 Å². The second-order valence-corrected chi connectivity index (χ2v) is 7.63. The van der Waals surface area contributed by atoms with E-state index >= 15 is 0 Å². The summed E-state index contributed by atoms with van der Waals surface area (Å²) in [5.74, 6) is -0.0816. The van der Waals surface area contributed by atoms with Gasteiger partial charge in [-0.25, -0.2) is 4.79 Å². The van der Waals surface area contributed by atoms with Gasteiger partial charge in [0.05, 0.1) is 12.5 Å². The molecular formula is C19H28ClN3O3. The number of ether oxygens (including phenoxy) is 1. The molecule has 0 aromatic rings. The Morgan fingerprint density at radius 3 is 2.62 bits per heavy atom. The maximum Gasteiger partial charge on any atom is 0.410 e. The molecule has 3 atom stereocenters. The molecule has 26 heavy (non-hydrogen) atoms. The zero-order valence-corrected chi connectivity index (χ0v) is 16.0. The summed E-state index contributed by atoms with van der Waals surface area (Å²) in [7, 11) is 0. The van der Waals surface area contributed by atoms with E-state index in [-0.39, 0.29) is 30.0 Å². The van der Waals surface area contributed by atoms with Crippen LogP contribution < -0.4 is 10.6 Å². The van der Waals surface area contributed by atoms with Gasteiger partial charge in [0.15, 0.2) is 0 Å². The van der Waals surface area contributed by atoms with Crippen molar-refractivity contribution >= 4 is 23.6 Å². The summed E-state index contributed by atoms with van der Waals surface area (Å²) in [6.45, 7) is 3.61. The predicted octanol–water partition coefficient (Wildman–Crippen LogP) is 2.54. The largest absolute Gasteiger partial charge is 0.450 e. The maximum atomic E-state index is 12.1. The lowest BCUT2D eigenvalue weighted by Gasteiger charge is -2.38. The third-order valence-corrected chi connectivity index (χ3v) is 5.74. The van der Waals surface area contributed by atoms with Crippen LogP contribution >= 0.6 is 11.6 Å². The summed E-state index contributed by atoms with van der Waals surface area (Å²) in [5.41, 5.74) is 0. The highest BCUT2D eigenvalue weighted by Gasteiger charge is 2.43. The number of carbonyl (C=O) groups is 2. The van der Waals surface area contributed by atoms with E-state index in [2.05, 4.69) is 10.6 Å². The van der Waals surface area contributed by atoms with Crippen LogP contribution in [-0.4, -0.2) is 54.7 Å². The summed E-state index contributed by atoms with van der Waals surface area (Å²) in [6, 6.07) is 0.957. The Kier molecular flexibility index (Phi) is 6.59.